The molecule has 92 valence electrons. The Morgan fingerprint density at radius 2 is 2.06 bits per heavy atom. The van der Waals surface area contributed by atoms with Crippen molar-refractivity contribution in [2.45, 2.75) is 38.6 Å². The van der Waals surface area contributed by atoms with Crippen molar-refractivity contribution >= 4 is 11.9 Å². The van der Waals surface area contributed by atoms with E-state index in [9.17, 15) is 9.59 Å². The van der Waals surface area contributed by atoms with E-state index in [2.05, 4.69) is 0 Å². The van der Waals surface area contributed by atoms with Gasteiger partial charge in [0.15, 0.2) is 0 Å². The second-order valence-corrected chi connectivity index (χ2v) is 4.11. The van der Waals surface area contributed by atoms with Crippen molar-refractivity contribution in [1.29, 1.82) is 0 Å². The number of carboxylic acid groups (broad SMARTS) is 1. The molecule has 1 saturated heterocycles. The number of carbonyl (C=O) groups excluding carboxylic acids is 1. The van der Waals surface area contributed by atoms with Gasteiger partial charge in [0.1, 0.15) is 0 Å². The molecule has 1 amide bonds. The van der Waals surface area contributed by atoms with Gasteiger partial charge in [-0.3, -0.25) is 9.59 Å². The topological polar surface area (TPSA) is 66.8 Å². The summed E-state index contributed by atoms with van der Waals surface area (Å²) in [7, 11) is 0. The lowest BCUT2D eigenvalue weighted by molar-refractivity contribution is -0.140. The molecule has 1 fully saturated rings. The second kappa shape index (κ2) is 6.48. The van der Waals surface area contributed by atoms with Gasteiger partial charge < -0.3 is 14.7 Å². The number of carboxylic acids is 1. The Labute approximate surface area is 95.4 Å². The predicted octanol–water partition coefficient (Wildman–Crippen LogP) is 0.879. The van der Waals surface area contributed by atoms with Crippen molar-refractivity contribution < 1.29 is 19.4 Å². The highest BCUT2D eigenvalue weighted by Gasteiger charge is 2.22. The SMILES string of the molecule is CC1COCCN1C(=O)CCCCC(=O)O. The van der Waals surface area contributed by atoms with Crippen LogP contribution in [0.2, 0.25) is 0 Å². The molecule has 1 aliphatic heterocycles. The van der Waals surface area contributed by atoms with Gasteiger partial charge in [0, 0.05) is 19.4 Å². The van der Waals surface area contributed by atoms with Gasteiger partial charge in [-0.25, -0.2) is 0 Å². The number of hydrogen-bond acceptors (Lipinski definition) is 3. The first-order valence-electron chi connectivity index (χ1n) is 5.70. The van der Waals surface area contributed by atoms with E-state index in [1.165, 1.54) is 0 Å². The van der Waals surface area contributed by atoms with E-state index < -0.39 is 5.97 Å². The van der Waals surface area contributed by atoms with Gasteiger partial charge in [-0.2, -0.15) is 0 Å². The number of hydrogen-bond donors (Lipinski definition) is 1. The number of nitrogens with zero attached hydrogens (tertiary/aromatic N) is 1. The number of amides is 1. The Hall–Kier alpha value is -1.10. The van der Waals surface area contributed by atoms with Crippen molar-refractivity contribution in [2.24, 2.45) is 0 Å². The predicted molar refractivity (Wildman–Crippen MR) is 58.1 cm³/mol. The van der Waals surface area contributed by atoms with Gasteiger partial charge in [0.2, 0.25) is 5.91 Å². The number of unbranched alkanes of at least 4 members (excludes halogenated alkanes) is 1. The Bertz CT molecular complexity index is 254. The van der Waals surface area contributed by atoms with Gasteiger partial charge in [0.25, 0.3) is 0 Å². The lowest BCUT2D eigenvalue weighted by Gasteiger charge is -2.33. The average molecular weight is 229 g/mol. The molecule has 1 heterocycles. The molecule has 0 aromatic carbocycles. The van der Waals surface area contributed by atoms with Crippen LogP contribution in [0.15, 0.2) is 0 Å². The molecule has 5 heteroatoms. The molecular formula is C11H19NO4. The molecule has 16 heavy (non-hydrogen) atoms. The molecule has 0 saturated carbocycles. The fourth-order valence-electron chi connectivity index (χ4n) is 1.79. The number of ether oxygens (including phenoxy) is 1. The van der Waals surface area contributed by atoms with Crippen LogP contribution < -0.4 is 0 Å². The highest BCUT2D eigenvalue weighted by atomic mass is 16.5. The van der Waals surface area contributed by atoms with Gasteiger partial charge in [0.05, 0.1) is 19.3 Å². The molecule has 0 bridgehead atoms. The summed E-state index contributed by atoms with van der Waals surface area (Å²) in [6, 6.07) is 0.140. The number of aliphatic carboxylic acids is 1. The zero-order valence-electron chi connectivity index (χ0n) is 9.65. The molecule has 1 N–H and O–H groups in total. The molecular weight excluding hydrogens is 210 g/mol. The van der Waals surface area contributed by atoms with Crippen molar-refractivity contribution in [1.82, 2.24) is 4.90 Å². The van der Waals surface area contributed by atoms with Gasteiger partial charge >= 0.3 is 5.97 Å². The van der Waals surface area contributed by atoms with E-state index in [1.807, 2.05) is 11.8 Å². The van der Waals surface area contributed by atoms with Crippen LogP contribution in [0, 0.1) is 0 Å². The van der Waals surface area contributed by atoms with Crippen LogP contribution in [0.1, 0.15) is 32.6 Å². The quantitative estimate of drug-likeness (QED) is 0.711. The normalized spacial score (nSPS) is 20.8. The molecule has 0 aliphatic carbocycles. The van der Waals surface area contributed by atoms with E-state index in [0.29, 0.717) is 39.0 Å². The first-order chi connectivity index (χ1) is 7.61. The van der Waals surface area contributed by atoms with E-state index in [1.54, 1.807) is 0 Å². The van der Waals surface area contributed by atoms with E-state index >= 15 is 0 Å². The van der Waals surface area contributed by atoms with Crippen LogP contribution in [0.5, 0.6) is 0 Å². The Balaban J connectivity index is 2.20. The molecule has 5 nitrogen and oxygen atoms in total. The molecule has 0 radical (unpaired) electrons. The number of morpholine rings is 1. The molecule has 0 aromatic rings. The van der Waals surface area contributed by atoms with Gasteiger partial charge in [-0.1, -0.05) is 0 Å². The van der Waals surface area contributed by atoms with E-state index in [0.717, 1.165) is 0 Å². The Morgan fingerprint density at radius 1 is 1.38 bits per heavy atom. The highest BCUT2D eigenvalue weighted by molar-refractivity contribution is 5.76. The molecule has 1 unspecified atom stereocenters. The van der Waals surface area contributed by atoms with Crippen LogP contribution >= 0.6 is 0 Å². The first-order valence-corrected chi connectivity index (χ1v) is 5.70. The summed E-state index contributed by atoms with van der Waals surface area (Å²) in [5.74, 6) is -0.687. The average Bonchev–Trinajstić information content (AvgIpc) is 2.24. The summed E-state index contributed by atoms with van der Waals surface area (Å²) in [5.41, 5.74) is 0. The summed E-state index contributed by atoms with van der Waals surface area (Å²) >= 11 is 0. The van der Waals surface area contributed by atoms with Crippen LogP contribution in [0.25, 0.3) is 0 Å². The van der Waals surface area contributed by atoms with E-state index in [-0.39, 0.29) is 18.4 Å². The second-order valence-electron chi connectivity index (χ2n) is 4.11. The molecule has 1 atom stereocenters. The minimum Gasteiger partial charge on any atom is -0.481 e. The number of carbonyl (C=O) groups is 2. The van der Waals surface area contributed by atoms with Gasteiger partial charge in [-0.15, -0.1) is 0 Å². The summed E-state index contributed by atoms with van der Waals surface area (Å²) in [4.78, 5) is 23.9. The van der Waals surface area contributed by atoms with Crippen molar-refractivity contribution in [3.8, 4) is 0 Å². The van der Waals surface area contributed by atoms with Gasteiger partial charge in [-0.05, 0) is 19.8 Å². The minimum absolute atomic E-state index is 0.112. The standard InChI is InChI=1S/C11H19NO4/c1-9-8-16-7-6-12(9)10(13)4-2-3-5-11(14)15/h9H,2-8H2,1H3,(H,14,15). The highest BCUT2D eigenvalue weighted by Crippen LogP contribution is 2.10. The summed E-state index contributed by atoms with van der Waals surface area (Å²) < 4.78 is 5.25. The maximum atomic E-state index is 11.8. The summed E-state index contributed by atoms with van der Waals surface area (Å²) in [5, 5.41) is 8.46. The Morgan fingerprint density at radius 3 is 2.69 bits per heavy atom. The smallest absolute Gasteiger partial charge is 0.303 e. The lowest BCUT2D eigenvalue weighted by Crippen LogP contribution is -2.47. The molecule has 1 aliphatic rings. The third-order valence-electron chi connectivity index (χ3n) is 2.72. The fourth-order valence-corrected chi connectivity index (χ4v) is 1.79. The van der Waals surface area contributed by atoms with Crippen LogP contribution in [-0.2, 0) is 14.3 Å². The molecule has 0 aromatic heterocycles. The third-order valence-corrected chi connectivity index (χ3v) is 2.72. The van der Waals surface area contributed by atoms with Crippen molar-refractivity contribution in [3.05, 3.63) is 0 Å². The fraction of sp³-hybridized carbons (Fsp3) is 0.818. The summed E-state index contributed by atoms with van der Waals surface area (Å²) in [6.07, 6.45) is 1.80. The minimum atomic E-state index is -0.799. The summed E-state index contributed by atoms with van der Waals surface area (Å²) in [6.45, 7) is 3.82. The largest absolute Gasteiger partial charge is 0.481 e. The maximum Gasteiger partial charge on any atom is 0.303 e. The Kier molecular flexibility index (Phi) is 5.25. The first kappa shape index (κ1) is 13.0. The maximum absolute atomic E-state index is 11.8. The van der Waals surface area contributed by atoms with Crippen LogP contribution in [0.3, 0.4) is 0 Å². The van der Waals surface area contributed by atoms with Crippen LogP contribution in [0.4, 0.5) is 0 Å². The zero-order chi connectivity index (χ0) is 12.0. The lowest BCUT2D eigenvalue weighted by atomic mass is 10.1. The van der Waals surface area contributed by atoms with Crippen LogP contribution in [-0.4, -0.2) is 47.7 Å². The van der Waals surface area contributed by atoms with Crippen molar-refractivity contribution in [2.75, 3.05) is 19.8 Å². The zero-order valence-corrected chi connectivity index (χ0v) is 9.65. The van der Waals surface area contributed by atoms with Crippen molar-refractivity contribution in [3.63, 3.8) is 0 Å². The van der Waals surface area contributed by atoms with E-state index in [4.69, 9.17) is 9.84 Å². The molecule has 1 rings (SSSR count). The number of rotatable bonds is 5. The monoisotopic (exact) mass is 229 g/mol. The molecule has 0 spiro atoms. The third kappa shape index (κ3) is 4.18.